The summed E-state index contributed by atoms with van der Waals surface area (Å²) < 4.78 is 5.53. The number of Topliss-reactive ketones (excluding diaryl/α,β-unsaturated/α-hetero) is 1. The third-order valence-electron chi connectivity index (χ3n) is 7.61. The van der Waals surface area contributed by atoms with Crippen LogP contribution in [-0.2, 0) is 14.3 Å². The molecule has 3 atom stereocenters. The third kappa shape index (κ3) is 5.36. The van der Waals surface area contributed by atoms with Gasteiger partial charge in [-0.15, -0.1) is 0 Å². The van der Waals surface area contributed by atoms with Gasteiger partial charge in [0.25, 0.3) is 5.91 Å². The van der Waals surface area contributed by atoms with Gasteiger partial charge in [0.1, 0.15) is 18.7 Å². The van der Waals surface area contributed by atoms with E-state index >= 15 is 0 Å². The molecule has 0 unspecified atom stereocenters. The van der Waals surface area contributed by atoms with Crippen molar-refractivity contribution in [3.05, 3.63) is 35.4 Å². The molecule has 0 radical (unpaired) electrons. The van der Waals surface area contributed by atoms with Gasteiger partial charge in [-0.25, -0.2) is 0 Å². The van der Waals surface area contributed by atoms with Gasteiger partial charge in [0, 0.05) is 18.2 Å². The Hall–Kier alpha value is -2.25. The molecule has 0 aromatic heterocycles. The Labute approximate surface area is 203 Å². The van der Waals surface area contributed by atoms with Crippen molar-refractivity contribution >= 4 is 17.6 Å². The first-order valence-electron chi connectivity index (χ1n) is 12.8. The van der Waals surface area contributed by atoms with Crippen LogP contribution in [0.5, 0.6) is 0 Å². The SMILES string of the molecule is CC(C)C[C@H](NC(=O)c1ccc(C2CCN(C(C)C)CC2)cc1)C(=O)N1CC[C@H]2OCC(=O)[C@H]21. The van der Waals surface area contributed by atoms with Crippen LogP contribution in [-0.4, -0.2) is 77.9 Å². The monoisotopic (exact) mass is 469 g/mol. The third-order valence-corrected chi connectivity index (χ3v) is 7.61. The summed E-state index contributed by atoms with van der Waals surface area (Å²) in [4.78, 5) is 42.8. The minimum absolute atomic E-state index is 0.0414. The van der Waals surface area contributed by atoms with Crippen molar-refractivity contribution in [1.29, 1.82) is 0 Å². The lowest BCUT2D eigenvalue weighted by Gasteiger charge is -2.34. The number of amides is 2. The molecule has 1 N–H and O–H groups in total. The lowest BCUT2D eigenvalue weighted by molar-refractivity contribution is -0.138. The smallest absolute Gasteiger partial charge is 0.251 e. The molecule has 34 heavy (non-hydrogen) atoms. The molecule has 3 aliphatic heterocycles. The van der Waals surface area contributed by atoms with Crippen LogP contribution in [0.25, 0.3) is 0 Å². The largest absolute Gasteiger partial charge is 0.368 e. The van der Waals surface area contributed by atoms with Crippen molar-refractivity contribution in [3.8, 4) is 0 Å². The van der Waals surface area contributed by atoms with Gasteiger partial charge in [0.15, 0.2) is 5.78 Å². The van der Waals surface area contributed by atoms with Crippen molar-refractivity contribution < 1.29 is 19.1 Å². The van der Waals surface area contributed by atoms with Gasteiger partial charge in [-0.05, 0) is 82.2 Å². The van der Waals surface area contributed by atoms with E-state index in [1.807, 2.05) is 26.0 Å². The molecule has 7 nitrogen and oxygen atoms in total. The van der Waals surface area contributed by atoms with Crippen molar-refractivity contribution in [2.45, 2.75) is 83.5 Å². The Morgan fingerprint density at radius 3 is 2.32 bits per heavy atom. The molecule has 1 aromatic rings. The highest BCUT2D eigenvalue weighted by Gasteiger charge is 2.48. The topological polar surface area (TPSA) is 79.0 Å². The van der Waals surface area contributed by atoms with Crippen LogP contribution in [0.4, 0.5) is 0 Å². The Morgan fingerprint density at radius 1 is 1.03 bits per heavy atom. The zero-order valence-corrected chi connectivity index (χ0v) is 21.0. The first-order chi connectivity index (χ1) is 16.2. The van der Waals surface area contributed by atoms with E-state index in [-0.39, 0.29) is 36.2 Å². The molecule has 186 valence electrons. The molecule has 0 aliphatic carbocycles. The number of carbonyl (C=O) groups excluding carboxylic acids is 3. The van der Waals surface area contributed by atoms with E-state index in [1.165, 1.54) is 5.56 Å². The van der Waals surface area contributed by atoms with Gasteiger partial charge < -0.3 is 19.9 Å². The Kier molecular flexibility index (Phi) is 7.73. The molecule has 0 saturated carbocycles. The highest BCUT2D eigenvalue weighted by atomic mass is 16.5. The molecule has 7 heteroatoms. The fourth-order valence-corrected chi connectivity index (χ4v) is 5.63. The van der Waals surface area contributed by atoms with Crippen LogP contribution >= 0.6 is 0 Å². The molecule has 3 fully saturated rings. The number of likely N-dealkylation sites (tertiary alicyclic amines) is 2. The normalized spacial score (nSPS) is 24.6. The molecular formula is C27H39N3O4. The number of nitrogens with one attached hydrogen (secondary N) is 1. The van der Waals surface area contributed by atoms with E-state index in [1.54, 1.807) is 4.90 Å². The summed E-state index contributed by atoms with van der Waals surface area (Å²) in [5.74, 6) is 0.283. The van der Waals surface area contributed by atoms with Crippen molar-refractivity contribution in [2.75, 3.05) is 26.2 Å². The lowest BCUT2D eigenvalue weighted by atomic mass is 9.88. The Balaban J connectivity index is 1.40. The van der Waals surface area contributed by atoms with Gasteiger partial charge >= 0.3 is 0 Å². The van der Waals surface area contributed by atoms with E-state index in [4.69, 9.17) is 4.74 Å². The number of piperidine rings is 1. The number of nitrogens with zero attached hydrogens (tertiary/aromatic N) is 2. The average Bonchev–Trinajstić information content (AvgIpc) is 3.41. The molecule has 3 heterocycles. The first-order valence-corrected chi connectivity index (χ1v) is 12.8. The predicted octanol–water partition coefficient (Wildman–Crippen LogP) is 2.99. The molecule has 4 rings (SSSR count). The summed E-state index contributed by atoms with van der Waals surface area (Å²) in [6.45, 7) is 11.3. The number of fused-ring (bicyclic) bond motifs is 1. The van der Waals surface area contributed by atoms with Gasteiger partial charge in [-0.2, -0.15) is 0 Å². The average molecular weight is 470 g/mol. The summed E-state index contributed by atoms with van der Waals surface area (Å²) >= 11 is 0. The maximum absolute atomic E-state index is 13.4. The second-order valence-electron chi connectivity index (χ2n) is 10.8. The van der Waals surface area contributed by atoms with E-state index in [9.17, 15) is 14.4 Å². The minimum atomic E-state index is -0.653. The molecule has 0 spiro atoms. The number of rotatable bonds is 7. The summed E-state index contributed by atoms with van der Waals surface area (Å²) in [5, 5.41) is 2.96. The number of benzene rings is 1. The van der Waals surface area contributed by atoms with Gasteiger partial charge in [-0.3, -0.25) is 14.4 Å². The maximum Gasteiger partial charge on any atom is 0.251 e. The number of ketones is 1. The Bertz CT molecular complexity index is 890. The quantitative estimate of drug-likeness (QED) is 0.664. The molecule has 1 aromatic carbocycles. The van der Waals surface area contributed by atoms with E-state index < -0.39 is 12.1 Å². The lowest BCUT2D eigenvalue weighted by Crippen LogP contribution is -2.52. The first kappa shape index (κ1) is 24.9. The summed E-state index contributed by atoms with van der Waals surface area (Å²) in [7, 11) is 0. The summed E-state index contributed by atoms with van der Waals surface area (Å²) in [5.41, 5.74) is 1.84. The van der Waals surface area contributed by atoms with Crippen LogP contribution in [0.2, 0.25) is 0 Å². The van der Waals surface area contributed by atoms with E-state index in [2.05, 4.69) is 36.2 Å². The van der Waals surface area contributed by atoms with Crippen LogP contribution < -0.4 is 5.32 Å². The number of carbonyl (C=O) groups is 3. The fraction of sp³-hybridized carbons (Fsp3) is 0.667. The molecule has 3 saturated heterocycles. The van der Waals surface area contributed by atoms with Crippen molar-refractivity contribution in [3.63, 3.8) is 0 Å². The highest BCUT2D eigenvalue weighted by Crippen LogP contribution is 2.30. The fourth-order valence-electron chi connectivity index (χ4n) is 5.63. The van der Waals surface area contributed by atoms with Crippen LogP contribution in [0.3, 0.4) is 0 Å². The van der Waals surface area contributed by atoms with E-state index in [0.717, 1.165) is 25.9 Å². The predicted molar refractivity (Wildman–Crippen MR) is 131 cm³/mol. The number of hydrogen-bond donors (Lipinski definition) is 1. The van der Waals surface area contributed by atoms with Crippen LogP contribution in [0.1, 0.15) is 75.2 Å². The molecular weight excluding hydrogens is 430 g/mol. The van der Waals surface area contributed by atoms with Crippen LogP contribution in [0, 0.1) is 5.92 Å². The van der Waals surface area contributed by atoms with Crippen molar-refractivity contribution in [1.82, 2.24) is 15.1 Å². The Morgan fingerprint density at radius 2 is 1.71 bits per heavy atom. The second-order valence-corrected chi connectivity index (χ2v) is 10.8. The molecule has 0 bridgehead atoms. The number of hydrogen-bond acceptors (Lipinski definition) is 5. The standard InChI is InChI=1S/C27H39N3O4/c1-17(2)15-22(27(33)30-14-11-24-25(30)23(31)16-34-24)28-26(32)21-7-5-19(6-8-21)20-9-12-29(13-10-20)18(3)4/h5-8,17-18,20,22,24-25H,9-16H2,1-4H3,(H,28,32)/t22-,24+,25+/m0/s1. The highest BCUT2D eigenvalue weighted by molar-refractivity contribution is 5.99. The van der Waals surface area contributed by atoms with Gasteiger partial charge in [-0.1, -0.05) is 26.0 Å². The summed E-state index contributed by atoms with van der Waals surface area (Å²) in [6.07, 6.45) is 3.26. The molecule has 2 amide bonds. The summed E-state index contributed by atoms with van der Waals surface area (Å²) in [6, 6.07) is 7.29. The van der Waals surface area contributed by atoms with Gasteiger partial charge in [0.05, 0.1) is 6.10 Å². The zero-order valence-electron chi connectivity index (χ0n) is 21.0. The maximum atomic E-state index is 13.4. The van der Waals surface area contributed by atoms with E-state index in [0.29, 0.717) is 36.9 Å². The second kappa shape index (κ2) is 10.6. The van der Waals surface area contributed by atoms with Crippen molar-refractivity contribution in [2.24, 2.45) is 5.92 Å². The minimum Gasteiger partial charge on any atom is -0.368 e. The van der Waals surface area contributed by atoms with Gasteiger partial charge in [0.2, 0.25) is 5.91 Å². The zero-order chi connectivity index (χ0) is 24.4. The molecule has 3 aliphatic rings. The van der Waals surface area contributed by atoms with Crippen LogP contribution in [0.15, 0.2) is 24.3 Å². The number of ether oxygens (including phenoxy) is 1.